The zero-order valence-corrected chi connectivity index (χ0v) is 13.9. The van der Waals surface area contributed by atoms with Crippen molar-refractivity contribution in [1.82, 2.24) is 4.57 Å². The van der Waals surface area contributed by atoms with Crippen LogP contribution in [0.4, 0.5) is 5.69 Å². The first-order valence-corrected chi connectivity index (χ1v) is 8.00. The highest BCUT2D eigenvalue weighted by Crippen LogP contribution is 2.21. The Labute approximate surface area is 137 Å². The van der Waals surface area contributed by atoms with Crippen molar-refractivity contribution < 1.29 is 4.79 Å². The summed E-state index contributed by atoms with van der Waals surface area (Å²) >= 11 is 0. The van der Waals surface area contributed by atoms with Gasteiger partial charge in [-0.15, -0.1) is 0 Å². The molecular formula is C20H22N2O. The molecule has 1 heterocycles. The smallest absolute Gasteiger partial charge is 0.247 e. The Kier molecular flexibility index (Phi) is 4.20. The summed E-state index contributed by atoms with van der Waals surface area (Å²) in [6.07, 6.45) is 0. The van der Waals surface area contributed by atoms with Crippen LogP contribution in [0.25, 0.3) is 10.9 Å². The quantitative estimate of drug-likeness (QED) is 0.701. The molecule has 0 unspecified atom stereocenters. The van der Waals surface area contributed by atoms with Gasteiger partial charge in [-0.2, -0.15) is 0 Å². The van der Waals surface area contributed by atoms with Crippen molar-refractivity contribution in [3.63, 3.8) is 0 Å². The summed E-state index contributed by atoms with van der Waals surface area (Å²) in [6, 6.07) is 20.3. The first kappa shape index (κ1) is 15.3. The van der Waals surface area contributed by atoms with Gasteiger partial charge < -0.3 is 9.47 Å². The lowest BCUT2D eigenvalue weighted by molar-refractivity contribution is -0.119. The van der Waals surface area contributed by atoms with Gasteiger partial charge in [0.25, 0.3) is 0 Å². The van der Waals surface area contributed by atoms with E-state index in [0.717, 1.165) is 16.9 Å². The van der Waals surface area contributed by atoms with Crippen molar-refractivity contribution in [2.75, 3.05) is 4.90 Å². The van der Waals surface area contributed by atoms with Crippen molar-refractivity contribution in [3.8, 4) is 0 Å². The molecule has 0 aliphatic heterocycles. The minimum Gasteiger partial charge on any atom is -0.335 e. The predicted octanol–water partition coefficient (Wildman–Crippen LogP) is 4.39. The third-order valence-corrected chi connectivity index (χ3v) is 4.13. The number of para-hydroxylation sites is 2. The van der Waals surface area contributed by atoms with Crippen molar-refractivity contribution in [2.45, 2.75) is 33.4 Å². The van der Waals surface area contributed by atoms with Crippen molar-refractivity contribution in [3.05, 3.63) is 66.4 Å². The maximum absolute atomic E-state index is 13.0. The number of carbonyl (C=O) groups excluding carboxylic acids is 1. The standard InChI is InChI=1S/C20H22N2O/c1-15(2)22(18-10-5-4-6-11-18)20(23)14-21-16(3)13-17-9-7-8-12-19(17)21/h4-13,15H,14H2,1-3H3. The molecule has 2 aromatic carbocycles. The maximum Gasteiger partial charge on any atom is 0.247 e. The van der Waals surface area contributed by atoms with E-state index >= 15 is 0 Å². The van der Waals surface area contributed by atoms with Crippen LogP contribution in [-0.2, 0) is 11.3 Å². The van der Waals surface area contributed by atoms with Gasteiger partial charge in [0.1, 0.15) is 6.54 Å². The van der Waals surface area contributed by atoms with Crippen LogP contribution in [0.3, 0.4) is 0 Å². The number of rotatable bonds is 4. The SMILES string of the molecule is Cc1cc2ccccc2n1CC(=O)N(c1ccccc1)C(C)C. The second kappa shape index (κ2) is 6.29. The average molecular weight is 306 g/mol. The highest BCUT2D eigenvalue weighted by atomic mass is 16.2. The summed E-state index contributed by atoms with van der Waals surface area (Å²) in [5.41, 5.74) is 3.16. The van der Waals surface area contributed by atoms with Crippen LogP contribution in [0, 0.1) is 6.92 Å². The van der Waals surface area contributed by atoms with Crippen LogP contribution >= 0.6 is 0 Å². The van der Waals surface area contributed by atoms with Gasteiger partial charge in [0.2, 0.25) is 5.91 Å². The molecule has 0 fully saturated rings. The van der Waals surface area contributed by atoms with Crippen LogP contribution in [-0.4, -0.2) is 16.5 Å². The number of hydrogen-bond acceptors (Lipinski definition) is 1. The van der Waals surface area contributed by atoms with Crippen molar-refractivity contribution in [2.24, 2.45) is 0 Å². The largest absolute Gasteiger partial charge is 0.335 e. The number of aryl methyl sites for hydroxylation is 1. The molecule has 0 atom stereocenters. The van der Waals surface area contributed by atoms with E-state index in [1.54, 1.807) is 0 Å². The van der Waals surface area contributed by atoms with Crippen molar-refractivity contribution in [1.29, 1.82) is 0 Å². The fraction of sp³-hybridized carbons (Fsp3) is 0.250. The number of benzene rings is 2. The van der Waals surface area contributed by atoms with Crippen LogP contribution < -0.4 is 4.90 Å². The monoisotopic (exact) mass is 306 g/mol. The Morgan fingerprint density at radius 1 is 1.04 bits per heavy atom. The highest BCUT2D eigenvalue weighted by Gasteiger charge is 2.20. The van der Waals surface area contributed by atoms with E-state index in [0.29, 0.717) is 6.54 Å². The Bertz CT molecular complexity index is 818. The molecular weight excluding hydrogens is 284 g/mol. The summed E-state index contributed by atoms with van der Waals surface area (Å²) in [7, 11) is 0. The molecule has 3 heteroatoms. The molecule has 0 spiro atoms. The molecule has 23 heavy (non-hydrogen) atoms. The van der Waals surface area contributed by atoms with Gasteiger partial charge in [-0.1, -0.05) is 36.4 Å². The maximum atomic E-state index is 13.0. The minimum atomic E-state index is 0.107. The number of amides is 1. The molecule has 3 rings (SSSR count). The summed E-state index contributed by atoms with van der Waals surface area (Å²) < 4.78 is 2.09. The van der Waals surface area contributed by atoms with Gasteiger partial charge in [-0.05, 0) is 50.4 Å². The topological polar surface area (TPSA) is 25.2 Å². The Morgan fingerprint density at radius 2 is 1.70 bits per heavy atom. The van der Waals surface area contributed by atoms with Crippen LogP contribution in [0.2, 0.25) is 0 Å². The van der Waals surface area contributed by atoms with E-state index in [1.165, 1.54) is 5.39 Å². The molecule has 0 saturated carbocycles. The second-order valence-corrected chi connectivity index (χ2v) is 6.12. The second-order valence-electron chi connectivity index (χ2n) is 6.12. The van der Waals surface area contributed by atoms with E-state index in [1.807, 2.05) is 61.2 Å². The first-order chi connectivity index (χ1) is 11.1. The van der Waals surface area contributed by atoms with E-state index in [4.69, 9.17) is 0 Å². The molecule has 0 bridgehead atoms. The summed E-state index contributed by atoms with van der Waals surface area (Å²) in [4.78, 5) is 14.8. The van der Waals surface area contributed by atoms with Crippen LogP contribution in [0.15, 0.2) is 60.7 Å². The summed E-state index contributed by atoms with van der Waals surface area (Å²) in [5, 5.41) is 1.17. The first-order valence-electron chi connectivity index (χ1n) is 8.00. The number of nitrogens with zero attached hydrogens (tertiary/aromatic N) is 2. The molecule has 3 aromatic rings. The van der Waals surface area contributed by atoms with Gasteiger partial charge in [0.15, 0.2) is 0 Å². The molecule has 0 N–H and O–H groups in total. The fourth-order valence-corrected chi connectivity index (χ4v) is 3.09. The third-order valence-electron chi connectivity index (χ3n) is 4.13. The highest BCUT2D eigenvalue weighted by molar-refractivity contribution is 5.95. The van der Waals surface area contributed by atoms with Gasteiger partial charge in [-0.25, -0.2) is 0 Å². The van der Waals surface area contributed by atoms with Crippen molar-refractivity contribution >= 4 is 22.5 Å². The van der Waals surface area contributed by atoms with Crippen LogP contribution in [0.5, 0.6) is 0 Å². The van der Waals surface area contributed by atoms with Gasteiger partial charge in [-0.3, -0.25) is 4.79 Å². The van der Waals surface area contributed by atoms with Gasteiger partial charge in [0.05, 0.1) is 0 Å². The van der Waals surface area contributed by atoms with E-state index < -0.39 is 0 Å². The number of fused-ring (bicyclic) bond motifs is 1. The molecule has 0 radical (unpaired) electrons. The third kappa shape index (κ3) is 3.00. The lowest BCUT2D eigenvalue weighted by Gasteiger charge is -2.27. The number of hydrogen-bond donors (Lipinski definition) is 0. The van der Waals surface area contributed by atoms with E-state index in [-0.39, 0.29) is 11.9 Å². The molecule has 0 aliphatic rings. The van der Waals surface area contributed by atoms with E-state index in [9.17, 15) is 4.79 Å². The summed E-state index contributed by atoms with van der Waals surface area (Å²) in [5.74, 6) is 0.107. The zero-order chi connectivity index (χ0) is 16.4. The molecule has 118 valence electrons. The van der Waals surface area contributed by atoms with Gasteiger partial charge in [0, 0.05) is 22.9 Å². The number of anilines is 1. The summed E-state index contributed by atoms with van der Waals surface area (Å²) in [6.45, 7) is 6.50. The Morgan fingerprint density at radius 3 is 2.39 bits per heavy atom. The van der Waals surface area contributed by atoms with E-state index in [2.05, 4.69) is 29.7 Å². The fourth-order valence-electron chi connectivity index (χ4n) is 3.09. The number of carbonyl (C=O) groups is 1. The molecule has 0 saturated heterocycles. The normalized spacial score (nSPS) is 11.1. The Hall–Kier alpha value is -2.55. The molecule has 0 aliphatic carbocycles. The molecule has 1 aromatic heterocycles. The number of aromatic nitrogens is 1. The predicted molar refractivity (Wildman–Crippen MR) is 95.7 cm³/mol. The minimum absolute atomic E-state index is 0.107. The lowest BCUT2D eigenvalue weighted by atomic mass is 10.2. The van der Waals surface area contributed by atoms with Crippen LogP contribution in [0.1, 0.15) is 19.5 Å². The molecule has 1 amide bonds. The lowest BCUT2D eigenvalue weighted by Crippen LogP contribution is -2.39. The average Bonchev–Trinajstić information content (AvgIpc) is 2.84. The van der Waals surface area contributed by atoms with Gasteiger partial charge >= 0.3 is 0 Å². The Balaban J connectivity index is 1.94. The zero-order valence-electron chi connectivity index (χ0n) is 13.9. The molecule has 3 nitrogen and oxygen atoms in total.